The second-order valence-electron chi connectivity index (χ2n) is 16.8. The number of ether oxygens (including phenoxy) is 6. The highest BCUT2D eigenvalue weighted by Gasteiger charge is 2.17. The van der Waals surface area contributed by atoms with E-state index in [9.17, 15) is 19.2 Å². The van der Waals surface area contributed by atoms with Crippen molar-refractivity contribution in [2.45, 2.75) is 40.0 Å². The zero-order chi connectivity index (χ0) is 49.1. The van der Waals surface area contributed by atoms with Crippen LogP contribution in [0.1, 0.15) is 94.6 Å². The van der Waals surface area contributed by atoms with E-state index >= 15 is 0 Å². The van der Waals surface area contributed by atoms with Gasteiger partial charge in [-0.05, 0) is 194 Å². The summed E-state index contributed by atoms with van der Waals surface area (Å²) in [7, 11) is 1.64. The lowest BCUT2D eigenvalue weighted by molar-refractivity contribution is 0.0724. The summed E-state index contributed by atoms with van der Waals surface area (Å²) in [5, 5.41) is 0. The fourth-order valence-corrected chi connectivity index (χ4v) is 7.62. The lowest BCUT2D eigenvalue weighted by Crippen LogP contribution is -2.12. The van der Waals surface area contributed by atoms with Gasteiger partial charge in [-0.1, -0.05) is 55.5 Å². The van der Waals surface area contributed by atoms with Crippen LogP contribution in [0.3, 0.4) is 0 Å². The van der Waals surface area contributed by atoms with E-state index in [1.54, 1.807) is 122 Å². The maximum absolute atomic E-state index is 13.2. The third kappa shape index (κ3) is 12.2. The van der Waals surface area contributed by atoms with Gasteiger partial charge in [0.05, 0.1) is 18.2 Å². The Hall–Kier alpha value is -8.76. The fourth-order valence-electron chi connectivity index (χ4n) is 7.62. The standard InChI is InChI=1S/C60H50O10/c1-38-34-48(40(3)49-19-33-58(39(2)35-49)70-60(64)47-16-30-54(31-17-47)67-51-24-10-44(11-25-51)41(4)61)18-32-57(38)66-37-56(62)45-12-26-52(27-13-45)68-53-28-14-46(15-29-53)59(63)69-55-22-8-43(9-23-55)36-42-6-20-50(65-5)21-7-42/h6-35,40H,36-37H2,1-5H3. The SMILES string of the molecule is COc1ccc(Cc2ccc(OC(=O)c3ccc(Oc4ccc(C(=O)COc5ccc(C(C)c6ccc(OC(=O)c7ccc(Oc8ccc(C(C)=O)cc8)cc7)c(C)c6)cc5C)cc4)cc3)cc2)cc1. The molecule has 0 spiro atoms. The molecule has 0 saturated heterocycles. The molecule has 8 aromatic rings. The summed E-state index contributed by atoms with van der Waals surface area (Å²) in [6.45, 7) is 7.32. The van der Waals surface area contributed by atoms with Crippen LogP contribution in [0.25, 0.3) is 0 Å². The Morgan fingerprint density at radius 3 is 1.29 bits per heavy atom. The van der Waals surface area contributed by atoms with E-state index in [0.29, 0.717) is 62.5 Å². The first kappa shape index (κ1) is 47.7. The van der Waals surface area contributed by atoms with Crippen LogP contribution >= 0.6 is 0 Å². The van der Waals surface area contributed by atoms with Crippen LogP contribution in [0.5, 0.6) is 46.0 Å². The highest BCUT2D eigenvalue weighted by Crippen LogP contribution is 2.32. The third-order valence-electron chi connectivity index (χ3n) is 11.7. The van der Waals surface area contributed by atoms with E-state index < -0.39 is 11.9 Å². The molecule has 10 heteroatoms. The predicted octanol–water partition coefficient (Wildman–Crippen LogP) is 13.5. The van der Waals surface area contributed by atoms with Crippen LogP contribution in [-0.2, 0) is 6.42 Å². The van der Waals surface area contributed by atoms with Crippen molar-refractivity contribution >= 4 is 23.5 Å². The number of esters is 2. The van der Waals surface area contributed by atoms with E-state index in [4.69, 9.17) is 28.4 Å². The van der Waals surface area contributed by atoms with Crippen molar-refractivity contribution in [2.24, 2.45) is 0 Å². The van der Waals surface area contributed by atoms with E-state index in [2.05, 4.69) is 6.92 Å². The molecule has 350 valence electrons. The molecule has 70 heavy (non-hydrogen) atoms. The van der Waals surface area contributed by atoms with E-state index in [1.807, 2.05) is 80.6 Å². The molecule has 1 atom stereocenters. The van der Waals surface area contributed by atoms with Crippen molar-refractivity contribution in [3.63, 3.8) is 0 Å². The van der Waals surface area contributed by atoms with Crippen molar-refractivity contribution in [3.05, 3.63) is 238 Å². The fraction of sp³-hybridized carbons (Fsp3) is 0.133. The minimum Gasteiger partial charge on any atom is -0.497 e. The number of hydrogen-bond acceptors (Lipinski definition) is 10. The number of carbonyl (C=O) groups is 4. The zero-order valence-corrected chi connectivity index (χ0v) is 39.4. The van der Waals surface area contributed by atoms with Crippen LogP contribution in [0.15, 0.2) is 182 Å². The predicted molar refractivity (Wildman–Crippen MR) is 268 cm³/mol. The Bertz CT molecular complexity index is 3120. The molecule has 0 radical (unpaired) electrons. The van der Waals surface area contributed by atoms with Gasteiger partial charge in [0.25, 0.3) is 0 Å². The molecule has 0 aromatic heterocycles. The third-order valence-corrected chi connectivity index (χ3v) is 11.7. The van der Waals surface area contributed by atoms with Gasteiger partial charge in [0.2, 0.25) is 0 Å². The van der Waals surface area contributed by atoms with E-state index in [1.165, 1.54) is 6.92 Å². The first-order valence-electron chi connectivity index (χ1n) is 22.7. The Labute approximate surface area is 407 Å². The largest absolute Gasteiger partial charge is 0.497 e. The van der Waals surface area contributed by atoms with Crippen molar-refractivity contribution in [1.29, 1.82) is 0 Å². The Morgan fingerprint density at radius 2 is 0.843 bits per heavy atom. The van der Waals surface area contributed by atoms with Crippen LogP contribution in [0, 0.1) is 13.8 Å². The molecular formula is C60H50O10. The number of rotatable bonds is 18. The average Bonchev–Trinajstić information content (AvgIpc) is 3.38. The minimum atomic E-state index is -0.488. The van der Waals surface area contributed by atoms with Gasteiger partial charge in [0, 0.05) is 17.0 Å². The molecule has 8 rings (SSSR count). The molecule has 0 amide bonds. The number of ketones is 2. The molecule has 0 N–H and O–H groups in total. The minimum absolute atomic E-state index is 0.0190. The highest BCUT2D eigenvalue weighted by atomic mass is 16.5. The average molecular weight is 931 g/mol. The van der Waals surface area contributed by atoms with Crippen molar-refractivity contribution < 1.29 is 47.6 Å². The van der Waals surface area contributed by atoms with Gasteiger partial charge in [-0.3, -0.25) is 9.59 Å². The molecule has 0 heterocycles. The summed E-state index contributed by atoms with van der Waals surface area (Å²) in [4.78, 5) is 50.6. The Morgan fingerprint density at radius 1 is 0.443 bits per heavy atom. The summed E-state index contributed by atoms with van der Waals surface area (Å²) in [6, 6.07) is 54.0. The van der Waals surface area contributed by atoms with Gasteiger partial charge in [-0.15, -0.1) is 0 Å². The second kappa shape index (κ2) is 21.9. The number of Topliss-reactive ketones (excluding diaryl/α,β-unsaturated/α-hetero) is 2. The normalized spacial score (nSPS) is 11.2. The maximum atomic E-state index is 13.2. The van der Waals surface area contributed by atoms with Crippen LogP contribution in [0.2, 0.25) is 0 Å². The summed E-state index contributed by atoms with van der Waals surface area (Å²) in [5.74, 6) is 3.34. The van der Waals surface area contributed by atoms with Crippen molar-refractivity contribution in [1.82, 2.24) is 0 Å². The van der Waals surface area contributed by atoms with E-state index in [-0.39, 0.29) is 24.1 Å². The lowest BCUT2D eigenvalue weighted by Gasteiger charge is -2.17. The number of methoxy groups -OCH3 is 1. The van der Waals surface area contributed by atoms with Gasteiger partial charge in [0.1, 0.15) is 46.0 Å². The second-order valence-corrected chi connectivity index (χ2v) is 16.8. The Balaban J connectivity index is 0.783. The molecular weight excluding hydrogens is 881 g/mol. The number of hydrogen-bond donors (Lipinski definition) is 0. The molecule has 0 bridgehead atoms. The van der Waals surface area contributed by atoms with Crippen molar-refractivity contribution in [2.75, 3.05) is 13.7 Å². The van der Waals surface area contributed by atoms with Gasteiger partial charge >= 0.3 is 11.9 Å². The lowest BCUT2D eigenvalue weighted by atomic mass is 9.91. The molecule has 0 aliphatic rings. The monoisotopic (exact) mass is 930 g/mol. The van der Waals surface area contributed by atoms with E-state index in [0.717, 1.165) is 45.6 Å². The van der Waals surface area contributed by atoms with Gasteiger partial charge < -0.3 is 28.4 Å². The molecule has 8 aromatic carbocycles. The molecule has 10 nitrogen and oxygen atoms in total. The summed E-state index contributed by atoms with van der Waals surface area (Å²) >= 11 is 0. The number of aryl methyl sites for hydroxylation is 2. The molecule has 0 aliphatic heterocycles. The molecule has 0 fully saturated rings. The topological polar surface area (TPSA) is 124 Å². The zero-order valence-electron chi connectivity index (χ0n) is 39.4. The summed E-state index contributed by atoms with van der Waals surface area (Å²) < 4.78 is 34.4. The number of benzene rings is 8. The molecule has 1 unspecified atom stereocenters. The summed E-state index contributed by atoms with van der Waals surface area (Å²) in [5.41, 5.74) is 7.88. The highest BCUT2D eigenvalue weighted by molar-refractivity contribution is 5.97. The van der Waals surface area contributed by atoms with Crippen LogP contribution in [0.4, 0.5) is 0 Å². The smallest absolute Gasteiger partial charge is 0.343 e. The van der Waals surface area contributed by atoms with Gasteiger partial charge in [-0.2, -0.15) is 0 Å². The van der Waals surface area contributed by atoms with Gasteiger partial charge in [0.15, 0.2) is 18.2 Å². The van der Waals surface area contributed by atoms with Crippen LogP contribution < -0.4 is 28.4 Å². The maximum Gasteiger partial charge on any atom is 0.343 e. The Kier molecular flexibility index (Phi) is 14.9. The van der Waals surface area contributed by atoms with Crippen LogP contribution in [-0.4, -0.2) is 37.2 Å². The summed E-state index contributed by atoms with van der Waals surface area (Å²) in [6.07, 6.45) is 0.744. The molecule has 0 saturated carbocycles. The van der Waals surface area contributed by atoms with Gasteiger partial charge in [-0.25, -0.2) is 9.59 Å². The molecule has 0 aliphatic carbocycles. The first-order chi connectivity index (χ1) is 33.9. The van der Waals surface area contributed by atoms with Crippen molar-refractivity contribution in [3.8, 4) is 46.0 Å². The number of carbonyl (C=O) groups excluding carboxylic acids is 4. The first-order valence-corrected chi connectivity index (χ1v) is 22.7. The quantitative estimate of drug-likeness (QED) is 0.0467.